The molecule has 1 aromatic heterocycles. The number of nitrogens with one attached hydrogen (secondary N) is 1. The van der Waals surface area contributed by atoms with E-state index >= 15 is 0 Å². The Morgan fingerprint density at radius 3 is 2.61 bits per heavy atom. The lowest BCUT2D eigenvalue weighted by atomic mass is 10.1. The third-order valence-electron chi connectivity index (χ3n) is 4.47. The highest BCUT2D eigenvalue weighted by molar-refractivity contribution is 5.94. The number of anilines is 1. The van der Waals surface area contributed by atoms with Crippen molar-refractivity contribution in [1.29, 1.82) is 0 Å². The van der Waals surface area contributed by atoms with E-state index in [1.54, 1.807) is 30.5 Å². The van der Waals surface area contributed by atoms with Gasteiger partial charge >= 0.3 is 5.97 Å². The van der Waals surface area contributed by atoms with Crippen LogP contribution in [0.2, 0.25) is 0 Å². The molecule has 8 nitrogen and oxygen atoms in total. The average Bonchev–Trinajstić information content (AvgIpc) is 2.77. The van der Waals surface area contributed by atoms with E-state index in [2.05, 4.69) is 15.2 Å². The van der Waals surface area contributed by atoms with Gasteiger partial charge in [0.25, 0.3) is 5.91 Å². The number of nitrogens with zero attached hydrogens (tertiary/aromatic N) is 2. The molecule has 148 valence electrons. The number of aromatic nitrogens is 1. The maximum Gasteiger partial charge on any atom is 0.341 e. The number of hydrogen-bond acceptors (Lipinski definition) is 7. The number of amides is 1. The number of carbonyl (C=O) groups excluding carboxylic acids is 2. The van der Waals surface area contributed by atoms with E-state index in [0.717, 1.165) is 24.5 Å². The lowest BCUT2D eigenvalue weighted by Crippen LogP contribution is -2.36. The van der Waals surface area contributed by atoms with Crippen molar-refractivity contribution in [3.8, 4) is 5.75 Å². The maximum absolute atomic E-state index is 12.4. The molecule has 2 aromatic rings. The van der Waals surface area contributed by atoms with E-state index in [4.69, 9.17) is 14.2 Å². The second-order valence-corrected chi connectivity index (χ2v) is 6.21. The van der Waals surface area contributed by atoms with Crippen LogP contribution in [0.1, 0.15) is 26.3 Å². The highest BCUT2D eigenvalue weighted by Crippen LogP contribution is 2.21. The Hall–Kier alpha value is -3.13. The molecule has 1 amide bonds. The van der Waals surface area contributed by atoms with Gasteiger partial charge in [-0.2, -0.15) is 0 Å². The summed E-state index contributed by atoms with van der Waals surface area (Å²) in [5.41, 5.74) is 1.54. The Morgan fingerprint density at radius 1 is 1.18 bits per heavy atom. The molecule has 0 aliphatic carbocycles. The number of carbonyl (C=O) groups is 2. The molecule has 1 N–H and O–H groups in total. The van der Waals surface area contributed by atoms with Crippen LogP contribution in [0.5, 0.6) is 5.75 Å². The number of benzene rings is 1. The molecule has 28 heavy (non-hydrogen) atoms. The number of hydrogen-bond donors (Lipinski definition) is 1. The molecular formula is C20H23N3O5. The number of rotatable bonds is 6. The summed E-state index contributed by atoms with van der Waals surface area (Å²) in [5, 5.41) is 2.83. The number of methoxy groups -OCH3 is 2. The predicted octanol–water partition coefficient (Wildman–Crippen LogP) is 1.64. The maximum atomic E-state index is 12.4. The summed E-state index contributed by atoms with van der Waals surface area (Å²) < 4.78 is 15.3. The van der Waals surface area contributed by atoms with Crippen molar-refractivity contribution in [3.05, 3.63) is 53.2 Å². The topological polar surface area (TPSA) is 90.0 Å². The van der Waals surface area contributed by atoms with Crippen LogP contribution < -0.4 is 15.0 Å². The minimum Gasteiger partial charge on any atom is -0.496 e. The zero-order valence-electron chi connectivity index (χ0n) is 15.9. The van der Waals surface area contributed by atoms with Crippen LogP contribution in [0.25, 0.3) is 0 Å². The number of pyridine rings is 1. The van der Waals surface area contributed by atoms with E-state index in [1.807, 2.05) is 6.07 Å². The van der Waals surface area contributed by atoms with Gasteiger partial charge in [0.05, 0.1) is 33.0 Å². The summed E-state index contributed by atoms with van der Waals surface area (Å²) in [6.07, 6.45) is 1.56. The Kier molecular flexibility index (Phi) is 6.44. The molecule has 1 saturated heterocycles. The quantitative estimate of drug-likeness (QED) is 0.756. The second-order valence-electron chi connectivity index (χ2n) is 6.21. The van der Waals surface area contributed by atoms with Gasteiger partial charge in [-0.05, 0) is 29.8 Å². The number of esters is 1. The molecule has 0 bridgehead atoms. The number of ether oxygens (including phenoxy) is 3. The zero-order chi connectivity index (χ0) is 19.9. The first-order chi connectivity index (χ1) is 13.6. The van der Waals surface area contributed by atoms with Crippen molar-refractivity contribution in [2.75, 3.05) is 45.4 Å². The van der Waals surface area contributed by atoms with Gasteiger partial charge in [0.1, 0.15) is 17.1 Å². The van der Waals surface area contributed by atoms with Crippen molar-refractivity contribution in [2.24, 2.45) is 0 Å². The van der Waals surface area contributed by atoms with Gasteiger partial charge in [0, 0.05) is 25.8 Å². The average molecular weight is 385 g/mol. The standard InChI is InChI=1S/C20H23N3O5/c1-26-17-5-3-14(11-16(17)20(25)27-2)12-22-19(24)15-4-6-18(21-13-15)23-7-9-28-10-8-23/h3-6,11,13H,7-10,12H2,1-2H3,(H,22,24). The molecule has 0 unspecified atom stereocenters. The Bertz CT molecular complexity index is 832. The summed E-state index contributed by atoms with van der Waals surface area (Å²) >= 11 is 0. The minimum atomic E-state index is -0.493. The number of morpholine rings is 1. The fraction of sp³-hybridized carbons (Fsp3) is 0.350. The summed E-state index contributed by atoms with van der Waals surface area (Å²) in [6, 6.07) is 8.69. The van der Waals surface area contributed by atoms with Gasteiger partial charge < -0.3 is 24.4 Å². The molecule has 0 radical (unpaired) electrons. The normalized spacial score (nSPS) is 13.7. The predicted molar refractivity (Wildman–Crippen MR) is 103 cm³/mol. The summed E-state index contributed by atoms with van der Waals surface area (Å²) in [6.45, 7) is 3.20. The first-order valence-electron chi connectivity index (χ1n) is 8.94. The van der Waals surface area contributed by atoms with Crippen molar-refractivity contribution < 1.29 is 23.8 Å². The van der Waals surface area contributed by atoms with Gasteiger partial charge in [-0.25, -0.2) is 9.78 Å². The lowest BCUT2D eigenvalue weighted by molar-refractivity contribution is 0.0597. The van der Waals surface area contributed by atoms with E-state index in [9.17, 15) is 9.59 Å². The molecule has 3 rings (SSSR count). The van der Waals surface area contributed by atoms with Crippen molar-refractivity contribution in [1.82, 2.24) is 10.3 Å². The molecular weight excluding hydrogens is 362 g/mol. The Labute approximate surface area is 163 Å². The fourth-order valence-electron chi connectivity index (χ4n) is 2.92. The molecule has 0 spiro atoms. The zero-order valence-corrected chi connectivity index (χ0v) is 15.9. The second kappa shape index (κ2) is 9.18. The van der Waals surface area contributed by atoms with Crippen LogP contribution in [0.15, 0.2) is 36.5 Å². The first kappa shape index (κ1) is 19.6. The molecule has 0 saturated carbocycles. The van der Waals surface area contributed by atoms with Crippen LogP contribution in [0, 0.1) is 0 Å². The SMILES string of the molecule is COC(=O)c1cc(CNC(=O)c2ccc(N3CCOCC3)nc2)ccc1OC. The Balaban J connectivity index is 1.63. The van der Waals surface area contributed by atoms with E-state index in [0.29, 0.717) is 30.1 Å². The van der Waals surface area contributed by atoms with Gasteiger partial charge in [-0.3, -0.25) is 4.79 Å². The lowest BCUT2D eigenvalue weighted by Gasteiger charge is -2.27. The van der Waals surface area contributed by atoms with Crippen molar-refractivity contribution in [2.45, 2.75) is 6.54 Å². The third-order valence-corrected chi connectivity index (χ3v) is 4.47. The minimum absolute atomic E-state index is 0.239. The van der Waals surface area contributed by atoms with E-state index in [1.165, 1.54) is 14.2 Å². The van der Waals surface area contributed by atoms with Crippen molar-refractivity contribution >= 4 is 17.7 Å². The first-order valence-corrected chi connectivity index (χ1v) is 8.94. The van der Waals surface area contributed by atoms with Crippen LogP contribution >= 0.6 is 0 Å². The van der Waals surface area contributed by atoms with Crippen LogP contribution in [0.3, 0.4) is 0 Å². The fourth-order valence-corrected chi connectivity index (χ4v) is 2.92. The van der Waals surface area contributed by atoms with Crippen LogP contribution in [-0.4, -0.2) is 57.4 Å². The summed E-state index contributed by atoms with van der Waals surface area (Å²) in [4.78, 5) is 30.8. The molecule has 0 atom stereocenters. The smallest absolute Gasteiger partial charge is 0.341 e. The van der Waals surface area contributed by atoms with Gasteiger partial charge in [-0.1, -0.05) is 6.07 Å². The van der Waals surface area contributed by atoms with Gasteiger partial charge in [0.2, 0.25) is 0 Å². The third kappa shape index (κ3) is 4.58. The highest BCUT2D eigenvalue weighted by atomic mass is 16.5. The monoisotopic (exact) mass is 385 g/mol. The molecule has 2 heterocycles. The molecule has 8 heteroatoms. The van der Waals surface area contributed by atoms with E-state index < -0.39 is 5.97 Å². The van der Waals surface area contributed by atoms with Gasteiger partial charge in [-0.15, -0.1) is 0 Å². The highest BCUT2D eigenvalue weighted by Gasteiger charge is 2.15. The van der Waals surface area contributed by atoms with Crippen LogP contribution in [-0.2, 0) is 16.0 Å². The largest absolute Gasteiger partial charge is 0.496 e. The van der Waals surface area contributed by atoms with Crippen molar-refractivity contribution in [3.63, 3.8) is 0 Å². The molecule has 1 fully saturated rings. The van der Waals surface area contributed by atoms with Crippen LogP contribution in [0.4, 0.5) is 5.82 Å². The molecule has 1 aliphatic heterocycles. The molecule has 1 aliphatic rings. The summed E-state index contributed by atoms with van der Waals surface area (Å²) in [5.74, 6) is 0.520. The van der Waals surface area contributed by atoms with Gasteiger partial charge in [0.15, 0.2) is 0 Å². The van der Waals surface area contributed by atoms with E-state index in [-0.39, 0.29) is 12.5 Å². The summed E-state index contributed by atoms with van der Waals surface area (Å²) in [7, 11) is 2.79. The molecule has 1 aromatic carbocycles. The Morgan fingerprint density at radius 2 is 1.96 bits per heavy atom.